The summed E-state index contributed by atoms with van der Waals surface area (Å²) in [6.07, 6.45) is -0.0297. The summed E-state index contributed by atoms with van der Waals surface area (Å²) in [7, 11) is 0. The summed E-state index contributed by atoms with van der Waals surface area (Å²) < 4.78 is 6.21. The topological polar surface area (TPSA) is 78.9 Å². The Hall–Kier alpha value is -1.76. The van der Waals surface area contributed by atoms with Crippen LogP contribution >= 0.6 is 15.9 Å². The Kier molecular flexibility index (Phi) is 5.61. The van der Waals surface area contributed by atoms with Gasteiger partial charge in [0.05, 0.1) is 11.1 Å². The molecule has 0 saturated heterocycles. The summed E-state index contributed by atoms with van der Waals surface area (Å²) in [6, 6.07) is 7.72. The third-order valence-electron chi connectivity index (χ3n) is 4.23. The van der Waals surface area contributed by atoms with Gasteiger partial charge in [-0.15, -0.1) is 0 Å². The highest BCUT2D eigenvalue weighted by Crippen LogP contribution is 2.51. The first-order valence-electron chi connectivity index (χ1n) is 8.62. The zero-order valence-corrected chi connectivity index (χ0v) is 17.5. The summed E-state index contributed by atoms with van der Waals surface area (Å²) in [5.74, 6) is 0. The smallest absolute Gasteiger partial charge is 0.408 e. The molecular formula is C19H27BrN2O4. The van der Waals surface area contributed by atoms with Crippen molar-refractivity contribution in [2.45, 2.75) is 64.1 Å². The van der Waals surface area contributed by atoms with Crippen LogP contribution in [0, 0.1) is 0 Å². The van der Waals surface area contributed by atoms with Crippen LogP contribution in [0.2, 0.25) is 0 Å². The second kappa shape index (κ2) is 7.10. The number of carboxylic acid groups (broad SMARTS) is 1. The Morgan fingerprint density at radius 1 is 1.27 bits per heavy atom. The van der Waals surface area contributed by atoms with Gasteiger partial charge in [-0.05, 0) is 65.2 Å². The van der Waals surface area contributed by atoms with E-state index in [0.717, 1.165) is 22.9 Å². The Bertz CT molecular complexity index is 693. The number of ether oxygens (including phenoxy) is 1. The maximum atomic E-state index is 12.1. The highest BCUT2D eigenvalue weighted by Gasteiger charge is 2.53. The van der Waals surface area contributed by atoms with Gasteiger partial charge in [-0.3, -0.25) is 4.90 Å². The van der Waals surface area contributed by atoms with Crippen LogP contribution in [0.1, 0.15) is 53.0 Å². The van der Waals surface area contributed by atoms with Crippen LogP contribution < -0.4 is 5.32 Å². The summed E-state index contributed by atoms with van der Waals surface area (Å²) >= 11 is 3.45. The monoisotopic (exact) mass is 426 g/mol. The van der Waals surface area contributed by atoms with Crippen LogP contribution in [0.25, 0.3) is 0 Å². The quantitative estimate of drug-likeness (QED) is 0.713. The van der Waals surface area contributed by atoms with Gasteiger partial charge < -0.3 is 15.2 Å². The number of benzene rings is 1. The van der Waals surface area contributed by atoms with E-state index >= 15 is 0 Å². The number of hydrogen-bond acceptors (Lipinski definition) is 3. The zero-order chi connectivity index (χ0) is 19.8. The van der Waals surface area contributed by atoms with Crippen molar-refractivity contribution in [3.8, 4) is 0 Å². The van der Waals surface area contributed by atoms with Gasteiger partial charge in [-0.1, -0.05) is 28.1 Å². The number of carbonyl (C=O) groups excluding carboxylic acids is 1. The Labute approximate surface area is 163 Å². The van der Waals surface area contributed by atoms with Crippen LogP contribution in [0.3, 0.4) is 0 Å². The lowest BCUT2D eigenvalue weighted by atomic mass is 9.99. The number of nitrogens with one attached hydrogen (secondary N) is 1. The molecule has 2 amide bonds. The molecule has 1 saturated carbocycles. The molecule has 26 heavy (non-hydrogen) atoms. The first kappa shape index (κ1) is 20.6. The average molecular weight is 427 g/mol. The molecule has 1 aliphatic rings. The number of rotatable bonds is 5. The maximum absolute atomic E-state index is 12.1. The van der Waals surface area contributed by atoms with E-state index in [4.69, 9.17) is 4.74 Å². The average Bonchev–Trinajstić information content (AvgIpc) is 3.23. The van der Waals surface area contributed by atoms with Crippen molar-refractivity contribution in [2.24, 2.45) is 0 Å². The van der Waals surface area contributed by atoms with Crippen LogP contribution in [-0.2, 0) is 10.3 Å². The number of hydrogen-bond donors (Lipinski definition) is 2. The van der Waals surface area contributed by atoms with E-state index in [1.165, 1.54) is 4.90 Å². The lowest BCUT2D eigenvalue weighted by Gasteiger charge is -2.37. The fraction of sp³-hybridized carbons (Fsp3) is 0.579. The molecule has 2 rings (SSSR count). The summed E-state index contributed by atoms with van der Waals surface area (Å²) in [6.45, 7) is 9.11. The Morgan fingerprint density at radius 2 is 1.88 bits per heavy atom. The summed E-state index contributed by atoms with van der Waals surface area (Å²) in [5, 5.41) is 12.6. The molecule has 1 aromatic carbocycles. The van der Waals surface area contributed by atoms with Gasteiger partial charge in [-0.25, -0.2) is 9.59 Å². The van der Waals surface area contributed by atoms with Crippen LogP contribution in [0.15, 0.2) is 28.7 Å². The number of amides is 2. The largest absolute Gasteiger partial charge is 0.465 e. The minimum Gasteiger partial charge on any atom is -0.465 e. The lowest BCUT2D eigenvalue weighted by molar-refractivity contribution is 0.0419. The number of halogens is 1. The third kappa shape index (κ3) is 5.13. The second-order valence-corrected chi connectivity index (χ2v) is 9.34. The molecule has 1 fully saturated rings. The first-order chi connectivity index (χ1) is 11.8. The normalized spacial score (nSPS) is 15.9. The van der Waals surface area contributed by atoms with Crippen molar-refractivity contribution in [2.75, 3.05) is 6.54 Å². The van der Waals surface area contributed by atoms with Gasteiger partial charge in [0.15, 0.2) is 0 Å². The van der Waals surface area contributed by atoms with E-state index in [0.29, 0.717) is 0 Å². The van der Waals surface area contributed by atoms with Gasteiger partial charge in [0.2, 0.25) is 0 Å². The molecular weight excluding hydrogens is 400 g/mol. The summed E-state index contributed by atoms with van der Waals surface area (Å²) in [5.41, 5.74) is -0.965. The standard InChI is InChI=1S/C19H27BrN2O4/c1-17(2,3)26-15(23)21-18(4,5)12-22(16(24)25)19(9-10-19)13-7-6-8-14(20)11-13/h6-8,11H,9-10,12H2,1-5H3,(H,21,23)(H,24,25). The van der Waals surface area contributed by atoms with Crippen LogP contribution in [0.4, 0.5) is 9.59 Å². The number of alkyl carbamates (subject to hydrolysis) is 1. The van der Waals surface area contributed by atoms with Crippen molar-refractivity contribution in [3.63, 3.8) is 0 Å². The second-order valence-electron chi connectivity index (χ2n) is 8.42. The molecule has 0 aliphatic heterocycles. The molecule has 0 radical (unpaired) electrons. The highest BCUT2D eigenvalue weighted by atomic mass is 79.9. The minimum absolute atomic E-state index is 0.161. The molecule has 1 aliphatic carbocycles. The third-order valence-corrected chi connectivity index (χ3v) is 4.72. The highest BCUT2D eigenvalue weighted by molar-refractivity contribution is 9.10. The molecule has 2 N–H and O–H groups in total. The molecule has 0 aromatic heterocycles. The van der Waals surface area contributed by atoms with Crippen LogP contribution in [-0.4, -0.2) is 39.9 Å². The van der Waals surface area contributed by atoms with Crippen molar-refractivity contribution in [1.29, 1.82) is 0 Å². The predicted molar refractivity (Wildman–Crippen MR) is 103 cm³/mol. The van der Waals surface area contributed by atoms with E-state index in [1.54, 1.807) is 34.6 Å². The molecule has 7 heteroatoms. The maximum Gasteiger partial charge on any atom is 0.408 e. The van der Waals surface area contributed by atoms with Gasteiger partial charge in [-0.2, -0.15) is 0 Å². The van der Waals surface area contributed by atoms with Crippen molar-refractivity contribution < 1.29 is 19.4 Å². The van der Waals surface area contributed by atoms with Crippen molar-refractivity contribution in [1.82, 2.24) is 10.2 Å². The molecule has 0 bridgehead atoms. The lowest BCUT2D eigenvalue weighted by Crippen LogP contribution is -2.55. The summed E-state index contributed by atoms with van der Waals surface area (Å²) in [4.78, 5) is 25.5. The minimum atomic E-state index is -0.999. The molecule has 0 unspecified atom stereocenters. The number of nitrogens with zero attached hydrogens (tertiary/aromatic N) is 1. The van der Waals surface area contributed by atoms with Gasteiger partial charge in [0.1, 0.15) is 5.60 Å². The molecule has 6 nitrogen and oxygen atoms in total. The molecule has 0 heterocycles. The predicted octanol–water partition coefficient (Wildman–Crippen LogP) is 4.72. The fourth-order valence-electron chi connectivity index (χ4n) is 3.03. The Morgan fingerprint density at radius 3 is 2.35 bits per heavy atom. The van der Waals surface area contributed by atoms with Gasteiger partial charge >= 0.3 is 12.2 Å². The molecule has 1 aromatic rings. The van der Waals surface area contributed by atoms with E-state index in [2.05, 4.69) is 21.2 Å². The van der Waals surface area contributed by atoms with E-state index < -0.39 is 28.9 Å². The van der Waals surface area contributed by atoms with Crippen molar-refractivity contribution >= 4 is 28.1 Å². The SMILES string of the molecule is CC(C)(CN(C(=O)O)C1(c2cccc(Br)c2)CC1)NC(=O)OC(C)(C)C. The van der Waals surface area contributed by atoms with E-state index in [9.17, 15) is 14.7 Å². The van der Waals surface area contributed by atoms with E-state index in [-0.39, 0.29) is 6.54 Å². The fourth-order valence-corrected chi connectivity index (χ4v) is 3.43. The van der Waals surface area contributed by atoms with E-state index in [1.807, 2.05) is 24.3 Å². The van der Waals surface area contributed by atoms with Gasteiger partial charge in [0.25, 0.3) is 0 Å². The van der Waals surface area contributed by atoms with Gasteiger partial charge in [0, 0.05) is 11.0 Å². The molecule has 144 valence electrons. The van der Waals surface area contributed by atoms with Crippen LogP contribution in [0.5, 0.6) is 0 Å². The van der Waals surface area contributed by atoms with Crippen molar-refractivity contribution in [3.05, 3.63) is 34.3 Å². The number of carbonyl (C=O) groups is 2. The first-order valence-corrected chi connectivity index (χ1v) is 9.42. The molecule has 0 atom stereocenters. The molecule has 0 spiro atoms. The Balaban J connectivity index is 2.18. The zero-order valence-electron chi connectivity index (χ0n) is 15.9.